The van der Waals surface area contributed by atoms with Gasteiger partial charge in [0, 0.05) is 13.1 Å². The Morgan fingerprint density at radius 3 is 2.37 bits per heavy atom. The van der Waals surface area contributed by atoms with Gasteiger partial charge in [-0.25, -0.2) is 4.79 Å². The van der Waals surface area contributed by atoms with E-state index in [2.05, 4.69) is 0 Å². The van der Waals surface area contributed by atoms with Gasteiger partial charge in [-0.15, -0.1) is 0 Å². The van der Waals surface area contributed by atoms with Crippen LogP contribution in [0, 0.1) is 15.5 Å². The molecule has 8 heteroatoms. The third kappa shape index (κ3) is 6.25. The molecular formula is C19H22N2O6. The second-order valence-corrected chi connectivity index (χ2v) is 7.27. The van der Waals surface area contributed by atoms with Crippen LogP contribution in [-0.2, 0) is 16.1 Å². The molecule has 2 rings (SSSR count). The van der Waals surface area contributed by atoms with E-state index in [1.165, 1.54) is 0 Å². The Bertz CT molecular complexity index is 807. The van der Waals surface area contributed by atoms with Gasteiger partial charge in [-0.1, -0.05) is 51.1 Å². The fourth-order valence-corrected chi connectivity index (χ4v) is 2.43. The molecule has 1 heterocycles. The Balaban J connectivity index is 2.01. The summed E-state index contributed by atoms with van der Waals surface area (Å²) in [6.45, 7) is 6.41. The van der Waals surface area contributed by atoms with E-state index in [0.717, 1.165) is 17.7 Å². The predicted molar refractivity (Wildman–Crippen MR) is 97.0 cm³/mol. The summed E-state index contributed by atoms with van der Waals surface area (Å²) in [5, 5.41) is 10.6. The van der Waals surface area contributed by atoms with E-state index in [0.29, 0.717) is 13.1 Å². The summed E-state index contributed by atoms with van der Waals surface area (Å²) >= 11 is 0. The SMILES string of the molecule is CC(C)(C)CN(Cc1ccccc1)C(=O)COC(=O)c1ccc([N+](=O)[O-])o1. The van der Waals surface area contributed by atoms with E-state index in [4.69, 9.17) is 9.15 Å². The van der Waals surface area contributed by atoms with Crippen molar-refractivity contribution >= 4 is 17.8 Å². The average Bonchev–Trinajstić information content (AvgIpc) is 3.09. The number of carbonyl (C=O) groups is 2. The second-order valence-electron chi connectivity index (χ2n) is 7.27. The van der Waals surface area contributed by atoms with Crippen LogP contribution in [-0.4, -0.2) is 34.9 Å². The standard InChI is InChI=1S/C19H22N2O6/c1-19(2,3)13-20(11-14-7-5-4-6-8-14)16(22)12-26-18(23)15-9-10-17(27-15)21(24)25/h4-10H,11-13H2,1-3H3. The number of carbonyl (C=O) groups excluding carboxylic acids is 2. The highest BCUT2D eigenvalue weighted by atomic mass is 16.7. The number of benzene rings is 1. The van der Waals surface area contributed by atoms with Gasteiger partial charge in [0.1, 0.15) is 4.92 Å². The number of esters is 1. The zero-order chi connectivity index (χ0) is 20.0. The smallest absolute Gasteiger partial charge is 0.433 e. The highest BCUT2D eigenvalue weighted by molar-refractivity contribution is 5.89. The van der Waals surface area contributed by atoms with Gasteiger partial charge >= 0.3 is 11.9 Å². The molecule has 8 nitrogen and oxygen atoms in total. The summed E-state index contributed by atoms with van der Waals surface area (Å²) < 4.78 is 9.75. The van der Waals surface area contributed by atoms with Crippen LogP contribution in [0.15, 0.2) is 46.9 Å². The molecule has 0 radical (unpaired) electrons. The summed E-state index contributed by atoms with van der Waals surface area (Å²) in [4.78, 5) is 36.0. The van der Waals surface area contributed by atoms with Crippen LogP contribution >= 0.6 is 0 Å². The predicted octanol–water partition coefficient (Wildman–Crippen LogP) is 3.42. The number of nitrogens with zero attached hydrogens (tertiary/aromatic N) is 2. The molecule has 0 unspecified atom stereocenters. The van der Waals surface area contributed by atoms with Crippen molar-refractivity contribution in [2.45, 2.75) is 27.3 Å². The molecule has 1 amide bonds. The van der Waals surface area contributed by atoms with E-state index in [1.54, 1.807) is 4.90 Å². The fraction of sp³-hybridized carbons (Fsp3) is 0.368. The molecule has 0 atom stereocenters. The van der Waals surface area contributed by atoms with Crippen LogP contribution < -0.4 is 0 Å². The largest absolute Gasteiger partial charge is 0.450 e. The molecule has 0 saturated carbocycles. The highest BCUT2D eigenvalue weighted by Crippen LogP contribution is 2.19. The first-order valence-electron chi connectivity index (χ1n) is 8.39. The number of amides is 1. The third-order valence-corrected chi connectivity index (χ3v) is 3.53. The van der Waals surface area contributed by atoms with Crippen molar-refractivity contribution < 1.29 is 23.7 Å². The van der Waals surface area contributed by atoms with Gasteiger partial charge in [0.25, 0.3) is 5.91 Å². The van der Waals surface area contributed by atoms with Gasteiger partial charge in [0.05, 0.1) is 6.07 Å². The molecule has 0 N–H and O–H groups in total. The average molecular weight is 374 g/mol. The molecule has 0 aliphatic heterocycles. The molecule has 27 heavy (non-hydrogen) atoms. The molecule has 0 aliphatic rings. The first-order chi connectivity index (χ1) is 12.7. The lowest BCUT2D eigenvalue weighted by Gasteiger charge is -2.30. The lowest BCUT2D eigenvalue weighted by Crippen LogP contribution is -2.39. The minimum atomic E-state index is -0.924. The van der Waals surface area contributed by atoms with Crippen LogP contribution in [0.3, 0.4) is 0 Å². The molecule has 1 aromatic heterocycles. The Kier molecular flexibility index (Phi) is 6.33. The topological polar surface area (TPSA) is 103 Å². The molecular weight excluding hydrogens is 352 g/mol. The highest BCUT2D eigenvalue weighted by Gasteiger charge is 2.24. The van der Waals surface area contributed by atoms with E-state index >= 15 is 0 Å². The quantitative estimate of drug-likeness (QED) is 0.418. The minimum Gasteiger partial charge on any atom is -0.450 e. The molecule has 0 spiro atoms. The maximum atomic E-state index is 12.6. The van der Waals surface area contributed by atoms with Crippen molar-refractivity contribution in [2.24, 2.45) is 5.41 Å². The van der Waals surface area contributed by atoms with Crippen molar-refractivity contribution in [3.8, 4) is 0 Å². The summed E-state index contributed by atoms with van der Waals surface area (Å²) in [6.07, 6.45) is 0. The van der Waals surface area contributed by atoms with E-state index in [-0.39, 0.29) is 17.1 Å². The van der Waals surface area contributed by atoms with Crippen molar-refractivity contribution in [3.05, 3.63) is 63.9 Å². The Morgan fingerprint density at radius 1 is 1.15 bits per heavy atom. The Hall–Kier alpha value is -3.16. The molecule has 1 aromatic carbocycles. The number of rotatable bonds is 7. The zero-order valence-corrected chi connectivity index (χ0v) is 15.5. The number of hydrogen-bond donors (Lipinski definition) is 0. The minimum absolute atomic E-state index is 0.143. The molecule has 0 fully saturated rings. The van der Waals surface area contributed by atoms with Crippen molar-refractivity contribution in [1.82, 2.24) is 4.90 Å². The van der Waals surface area contributed by atoms with Gasteiger partial charge in [0.15, 0.2) is 6.61 Å². The summed E-state index contributed by atoms with van der Waals surface area (Å²) in [5.74, 6) is -2.17. The van der Waals surface area contributed by atoms with E-state index < -0.39 is 23.4 Å². The summed E-state index contributed by atoms with van der Waals surface area (Å²) in [7, 11) is 0. The Labute approximate surface area is 156 Å². The van der Waals surface area contributed by atoms with Gasteiger partial charge in [-0.05, 0) is 17.0 Å². The van der Waals surface area contributed by atoms with Gasteiger partial charge in [0.2, 0.25) is 5.76 Å². The van der Waals surface area contributed by atoms with Crippen molar-refractivity contribution in [3.63, 3.8) is 0 Å². The van der Waals surface area contributed by atoms with Crippen LogP contribution in [0.4, 0.5) is 5.88 Å². The lowest BCUT2D eigenvalue weighted by atomic mass is 9.95. The number of hydrogen-bond acceptors (Lipinski definition) is 6. The van der Waals surface area contributed by atoms with Crippen LogP contribution in [0.1, 0.15) is 36.9 Å². The molecule has 0 bridgehead atoms. The third-order valence-electron chi connectivity index (χ3n) is 3.53. The first kappa shape index (κ1) is 20.2. The normalized spacial score (nSPS) is 11.1. The fourth-order valence-electron chi connectivity index (χ4n) is 2.43. The Morgan fingerprint density at radius 2 is 1.81 bits per heavy atom. The number of ether oxygens (including phenoxy) is 1. The zero-order valence-electron chi connectivity index (χ0n) is 15.5. The molecule has 144 valence electrons. The number of nitro groups is 1. The van der Waals surface area contributed by atoms with Gasteiger partial charge in [-0.3, -0.25) is 14.9 Å². The first-order valence-corrected chi connectivity index (χ1v) is 8.39. The lowest BCUT2D eigenvalue weighted by molar-refractivity contribution is -0.402. The van der Waals surface area contributed by atoms with Crippen LogP contribution in [0.5, 0.6) is 0 Å². The van der Waals surface area contributed by atoms with Crippen molar-refractivity contribution in [1.29, 1.82) is 0 Å². The van der Waals surface area contributed by atoms with Crippen LogP contribution in [0.25, 0.3) is 0 Å². The van der Waals surface area contributed by atoms with Gasteiger partial charge in [-0.2, -0.15) is 0 Å². The summed E-state index contributed by atoms with van der Waals surface area (Å²) in [6, 6.07) is 11.7. The molecule has 0 saturated heterocycles. The molecule has 0 aliphatic carbocycles. The summed E-state index contributed by atoms with van der Waals surface area (Å²) in [5.41, 5.74) is 0.818. The number of furan rings is 1. The van der Waals surface area contributed by atoms with Gasteiger partial charge < -0.3 is 14.1 Å². The monoisotopic (exact) mass is 374 g/mol. The maximum absolute atomic E-state index is 12.6. The van der Waals surface area contributed by atoms with Crippen LogP contribution in [0.2, 0.25) is 0 Å². The maximum Gasteiger partial charge on any atom is 0.433 e. The second kappa shape index (κ2) is 8.48. The van der Waals surface area contributed by atoms with E-state index in [9.17, 15) is 19.7 Å². The van der Waals surface area contributed by atoms with Crippen molar-refractivity contribution in [2.75, 3.05) is 13.2 Å². The van der Waals surface area contributed by atoms with E-state index in [1.807, 2.05) is 51.1 Å². The molecule has 2 aromatic rings.